The summed E-state index contributed by atoms with van der Waals surface area (Å²) in [6.45, 7) is 2.61. The highest BCUT2D eigenvalue weighted by Gasteiger charge is 2.60. The second-order valence-electron chi connectivity index (χ2n) is 2.45. The number of esters is 1. The Labute approximate surface area is 84.9 Å². The van der Waals surface area contributed by atoms with Gasteiger partial charge in [-0.15, -0.1) is 0 Å². The quantitative estimate of drug-likeness (QED) is 0.332. The van der Waals surface area contributed by atoms with Crippen LogP contribution in [-0.4, -0.2) is 24.4 Å². The first-order valence-electron chi connectivity index (χ1n) is 3.43. The zero-order valence-electron chi connectivity index (χ0n) is 7.32. The van der Waals surface area contributed by atoms with Crippen molar-refractivity contribution in [2.45, 2.75) is 18.5 Å². The molecule has 0 saturated heterocycles. The predicted octanol–water partition coefficient (Wildman–Crippen LogP) is 2.10. The van der Waals surface area contributed by atoms with Crippen molar-refractivity contribution in [1.29, 1.82) is 5.26 Å². The standard InChI is InChI=1S/C7H3F6NO2/c1-3(2-14)4(15)16-7(12,13)5(8)6(9,10)11/h5H,1H2. The van der Waals surface area contributed by atoms with E-state index in [1.165, 1.54) is 0 Å². The highest BCUT2D eigenvalue weighted by Crippen LogP contribution is 2.35. The lowest BCUT2D eigenvalue weighted by Crippen LogP contribution is -2.44. The van der Waals surface area contributed by atoms with E-state index in [9.17, 15) is 31.1 Å². The molecule has 0 fully saturated rings. The van der Waals surface area contributed by atoms with Gasteiger partial charge in [-0.1, -0.05) is 6.58 Å². The maximum Gasteiger partial charge on any atom is 0.441 e. The second kappa shape index (κ2) is 4.42. The summed E-state index contributed by atoms with van der Waals surface area (Å²) in [6, 6.07) is 0.959. The van der Waals surface area contributed by atoms with Crippen molar-refractivity contribution >= 4 is 5.97 Å². The number of nitrogens with zero attached hydrogens (tertiary/aromatic N) is 1. The molecule has 1 atom stereocenters. The number of hydrogen-bond acceptors (Lipinski definition) is 3. The molecule has 0 aliphatic heterocycles. The molecule has 0 heterocycles. The fraction of sp³-hybridized carbons (Fsp3) is 0.429. The molecular weight excluding hydrogens is 244 g/mol. The van der Waals surface area contributed by atoms with Crippen molar-refractivity contribution in [3.05, 3.63) is 12.2 Å². The van der Waals surface area contributed by atoms with Crippen LogP contribution in [0.1, 0.15) is 0 Å². The third-order valence-electron chi connectivity index (χ3n) is 1.19. The van der Waals surface area contributed by atoms with Crippen LogP contribution in [-0.2, 0) is 9.53 Å². The minimum absolute atomic E-state index is 0.959. The van der Waals surface area contributed by atoms with Crippen molar-refractivity contribution in [2.24, 2.45) is 0 Å². The molecule has 0 bridgehead atoms. The highest BCUT2D eigenvalue weighted by atomic mass is 19.4. The molecule has 3 nitrogen and oxygen atoms in total. The molecule has 0 aromatic rings. The van der Waals surface area contributed by atoms with Gasteiger partial charge in [-0.2, -0.15) is 27.2 Å². The van der Waals surface area contributed by atoms with Gasteiger partial charge in [0.1, 0.15) is 11.6 Å². The van der Waals surface area contributed by atoms with E-state index in [1.807, 2.05) is 0 Å². The van der Waals surface area contributed by atoms with Crippen molar-refractivity contribution in [2.75, 3.05) is 0 Å². The third kappa shape index (κ3) is 3.45. The summed E-state index contributed by atoms with van der Waals surface area (Å²) in [6.07, 6.45) is -16.0. The minimum atomic E-state index is -5.89. The fourth-order valence-corrected chi connectivity index (χ4v) is 0.473. The van der Waals surface area contributed by atoms with Crippen LogP contribution in [0.5, 0.6) is 0 Å². The molecule has 90 valence electrons. The SMILES string of the molecule is C=C(C#N)C(=O)OC(F)(F)C(F)C(F)(F)F. The average molecular weight is 247 g/mol. The van der Waals surface area contributed by atoms with E-state index in [0.717, 1.165) is 6.07 Å². The number of rotatable bonds is 3. The molecule has 0 radical (unpaired) electrons. The molecule has 0 rings (SSSR count). The number of halogens is 6. The molecule has 0 N–H and O–H groups in total. The van der Waals surface area contributed by atoms with Crippen LogP contribution in [0.4, 0.5) is 26.3 Å². The average Bonchev–Trinajstić information content (AvgIpc) is 2.13. The Hall–Kier alpha value is -1.72. The Morgan fingerprint density at radius 2 is 1.75 bits per heavy atom. The Morgan fingerprint density at radius 3 is 2.06 bits per heavy atom. The van der Waals surface area contributed by atoms with Gasteiger partial charge in [0.2, 0.25) is 0 Å². The van der Waals surface area contributed by atoms with Crippen LogP contribution >= 0.6 is 0 Å². The van der Waals surface area contributed by atoms with Gasteiger partial charge in [0, 0.05) is 0 Å². The molecule has 0 amide bonds. The van der Waals surface area contributed by atoms with Crippen molar-refractivity contribution in [3.63, 3.8) is 0 Å². The second-order valence-corrected chi connectivity index (χ2v) is 2.45. The van der Waals surface area contributed by atoms with Gasteiger partial charge in [-0.3, -0.25) is 0 Å². The van der Waals surface area contributed by atoms with Gasteiger partial charge >= 0.3 is 18.3 Å². The lowest BCUT2D eigenvalue weighted by molar-refractivity contribution is -0.320. The molecule has 0 spiro atoms. The van der Waals surface area contributed by atoms with E-state index < -0.39 is 30.0 Å². The first-order chi connectivity index (χ1) is 7.02. The number of carbonyl (C=O) groups excluding carboxylic acids is 1. The molecule has 0 aliphatic rings. The Bertz CT molecular complexity index is 342. The zero-order valence-corrected chi connectivity index (χ0v) is 7.32. The number of hydrogen-bond donors (Lipinski definition) is 0. The largest absolute Gasteiger partial charge is 0.441 e. The van der Waals surface area contributed by atoms with Crippen molar-refractivity contribution in [3.8, 4) is 6.07 Å². The van der Waals surface area contributed by atoms with Gasteiger partial charge in [0.15, 0.2) is 0 Å². The van der Waals surface area contributed by atoms with E-state index in [4.69, 9.17) is 5.26 Å². The summed E-state index contributed by atoms with van der Waals surface area (Å²) in [5, 5.41) is 7.99. The normalized spacial score (nSPS) is 13.8. The predicted molar refractivity (Wildman–Crippen MR) is 36.7 cm³/mol. The van der Waals surface area contributed by atoms with Crippen molar-refractivity contribution < 1.29 is 35.9 Å². The summed E-state index contributed by atoms with van der Waals surface area (Å²) in [4.78, 5) is 10.5. The van der Waals surface area contributed by atoms with Crippen LogP contribution < -0.4 is 0 Å². The fourth-order valence-electron chi connectivity index (χ4n) is 0.473. The first-order valence-corrected chi connectivity index (χ1v) is 3.43. The summed E-state index contributed by atoms with van der Waals surface area (Å²) >= 11 is 0. The topological polar surface area (TPSA) is 50.1 Å². The van der Waals surface area contributed by atoms with Gasteiger partial charge < -0.3 is 4.74 Å². The third-order valence-corrected chi connectivity index (χ3v) is 1.19. The highest BCUT2D eigenvalue weighted by molar-refractivity contribution is 5.92. The Morgan fingerprint density at radius 1 is 1.31 bits per heavy atom. The van der Waals surface area contributed by atoms with Crippen LogP contribution in [0.3, 0.4) is 0 Å². The lowest BCUT2D eigenvalue weighted by atomic mass is 10.3. The van der Waals surface area contributed by atoms with E-state index in [1.54, 1.807) is 0 Å². The summed E-state index contributed by atoms with van der Waals surface area (Å²) in [5.41, 5.74) is -1.17. The molecular formula is C7H3F6NO2. The molecule has 0 aromatic heterocycles. The van der Waals surface area contributed by atoms with Crippen LogP contribution in [0.15, 0.2) is 12.2 Å². The van der Waals surface area contributed by atoms with Gasteiger partial charge in [-0.05, 0) is 0 Å². The molecule has 1 unspecified atom stereocenters. The summed E-state index contributed by atoms with van der Waals surface area (Å²) < 4.78 is 74.4. The van der Waals surface area contributed by atoms with E-state index in [-0.39, 0.29) is 0 Å². The van der Waals surface area contributed by atoms with Gasteiger partial charge in [0.25, 0.3) is 6.17 Å². The minimum Gasteiger partial charge on any atom is -0.394 e. The molecule has 0 aromatic carbocycles. The first kappa shape index (κ1) is 14.3. The van der Waals surface area contributed by atoms with Crippen LogP contribution in [0.25, 0.3) is 0 Å². The van der Waals surface area contributed by atoms with Crippen LogP contribution in [0, 0.1) is 11.3 Å². The molecule has 0 saturated carbocycles. The van der Waals surface area contributed by atoms with E-state index in [2.05, 4.69) is 11.3 Å². The monoisotopic (exact) mass is 247 g/mol. The Kier molecular flexibility index (Phi) is 3.95. The molecule has 9 heteroatoms. The summed E-state index contributed by atoms with van der Waals surface area (Å²) in [5.74, 6) is -2.13. The maximum absolute atomic E-state index is 12.4. The smallest absolute Gasteiger partial charge is 0.394 e. The van der Waals surface area contributed by atoms with Crippen LogP contribution in [0.2, 0.25) is 0 Å². The Balaban J connectivity index is 4.78. The van der Waals surface area contributed by atoms with Gasteiger partial charge in [0.05, 0.1) is 0 Å². The number of ether oxygens (including phenoxy) is 1. The molecule has 0 aliphatic carbocycles. The van der Waals surface area contributed by atoms with E-state index >= 15 is 0 Å². The van der Waals surface area contributed by atoms with Crippen molar-refractivity contribution in [1.82, 2.24) is 0 Å². The van der Waals surface area contributed by atoms with E-state index in [0.29, 0.717) is 0 Å². The number of alkyl halides is 6. The molecule has 16 heavy (non-hydrogen) atoms. The zero-order chi connectivity index (χ0) is 13.1. The maximum atomic E-state index is 12.4. The lowest BCUT2D eigenvalue weighted by Gasteiger charge is -2.21. The summed E-state index contributed by atoms with van der Waals surface area (Å²) in [7, 11) is 0. The van der Waals surface area contributed by atoms with Gasteiger partial charge in [-0.25, -0.2) is 9.18 Å². The number of carbonyl (C=O) groups is 1. The number of nitriles is 1.